The van der Waals surface area contributed by atoms with Crippen molar-refractivity contribution >= 4 is 115 Å². The highest BCUT2D eigenvalue weighted by molar-refractivity contribution is 8.76. The van der Waals surface area contributed by atoms with Gasteiger partial charge in [-0.15, -0.1) is 0 Å². The molecule has 33 nitrogen and oxygen atoms in total. The molecule has 4 aromatic rings. The summed E-state index contributed by atoms with van der Waals surface area (Å²) in [6, 6.07) is 0.424. The van der Waals surface area contributed by atoms with Gasteiger partial charge in [-0.3, -0.25) is 48.9 Å². The van der Waals surface area contributed by atoms with Crippen LogP contribution >= 0.6 is 21.6 Å². The lowest BCUT2D eigenvalue weighted by molar-refractivity contribution is -0.140. The number of fused-ring (bicyclic) bond motifs is 6. The molecule has 7 atom stereocenters. The molecule has 2 aromatic carbocycles. The number of H-pyrrole nitrogens is 1. The van der Waals surface area contributed by atoms with Crippen LogP contribution in [0.25, 0.3) is 16.7 Å². The molecule has 2 fully saturated rings. The second kappa shape index (κ2) is 29.2. The number of phenolic OH excluding ortho intramolecular Hbond substituents is 2. The van der Waals surface area contributed by atoms with E-state index in [1.54, 1.807) is 19.1 Å². The van der Waals surface area contributed by atoms with Crippen molar-refractivity contribution in [3.63, 3.8) is 0 Å². The number of aromatic amines is 1. The zero-order valence-electron chi connectivity index (χ0n) is 50.8. The summed E-state index contributed by atoms with van der Waals surface area (Å²) in [5, 5.41) is 65.8. The third-order valence-corrected chi connectivity index (χ3v) is 17.8. The quantitative estimate of drug-likeness (QED) is 0.00428. The minimum absolute atomic E-state index is 0.000460. The van der Waals surface area contributed by atoms with Crippen LogP contribution in [-0.4, -0.2) is 185 Å². The van der Waals surface area contributed by atoms with E-state index in [4.69, 9.17) is 37.5 Å². The maximum absolute atomic E-state index is 14.5. The summed E-state index contributed by atoms with van der Waals surface area (Å²) in [6.07, 6.45) is 1.29. The van der Waals surface area contributed by atoms with E-state index >= 15 is 0 Å². The molecule has 35 heteroatoms. The van der Waals surface area contributed by atoms with Crippen LogP contribution in [0.15, 0.2) is 46.5 Å². The molecule has 2 saturated heterocycles. The molecule has 0 radical (unpaired) electrons. The Balaban J connectivity index is 0.988. The van der Waals surface area contributed by atoms with Gasteiger partial charge in [0, 0.05) is 66.5 Å². The number of hydrogen-bond acceptors (Lipinski definition) is 25. The fourth-order valence-corrected chi connectivity index (χ4v) is 12.9. The van der Waals surface area contributed by atoms with E-state index < -0.39 is 107 Å². The molecule has 91 heavy (non-hydrogen) atoms. The molecule has 0 bridgehead atoms. The standard InChI is InChI=1S/C56H76N18O15S2/c1-25-38(42(79)37-30(23-89-53(60)87)56(88-7)43-33(67-43)22-74(56)40(37)41(25)78)73-54(3,4)16-18-90-91-24-34(48(83)65-26(2)45(80)64-21-36(76)77)69-47(82)31(9-8-17-61-51(57)58)72-55(5,6)35(75)15-14-32(50(85)86)68-46(81)27-10-12-28(13-11-27)62-19-29-20-63-44-39(66-29)49(84)71-52(59)70-44/h10-13,20,23,26,31-34,43,62,67,72-73,78-79H,8-9,14-19,21-22,24H2,1-7H3,(H2,60,87)(H,64,80)(H,65,83)(H,68,81)(H,69,82)(H,76,77)(H,85,86)(H4,57,58,61)(H3,59,63,70,71,84)/t26-,31-,32-,33-,34-,43-,56+/m0/s1. The van der Waals surface area contributed by atoms with Gasteiger partial charge in [0.15, 0.2) is 28.6 Å². The summed E-state index contributed by atoms with van der Waals surface area (Å²) < 4.78 is 11.2. The van der Waals surface area contributed by atoms with Gasteiger partial charge >= 0.3 is 18.0 Å². The first-order chi connectivity index (χ1) is 42.9. The Bertz CT molecular complexity index is 3590. The smallest absolute Gasteiger partial charge is 0.409 e. The Morgan fingerprint density at radius 3 is 2.30 bits per heavy atom. The van der Waals surface area contributed by atoms with Crippen LogP contribution < -0.4 is 75.9 Å². The van der Waals surface area contributed by atoms with Gasteiger partial charge in [0.05, 0.1) is 58.6 Å². The van der Waals surface area contributed by atoms with Crippen LogP contribution in [0.5, 0.6) is 11.5 Å². The number of nitrogens with two attached hydrogens (primary N) is 4. The number of methoxy groups -OCH3 is 1. The SMILES string of the molecule is CO[C@@]12C(=COC(N)=O)c3c(O)c(NC(C)(C)CCSSC[C@H](NC(=O)[C@H](CCCN=C(N)N)NC(C)(C)C(=O)CC[C@H](NC(=O)c4ccc(NCc5cnc6nc(N)[nH]c(=O)c6n5)cc4)C(=O)O)C(=O)N[C@@H](C)C(=O)NCC(=O)O)c(C)c(O)c3N1C[C@@H]1N[C@@H]12. The molecule has 0 saturated carbocycles. The van der Waals surface area contributed by atoms with E-state index in [-0.39, 0.29) is 107 Å². The number of piperazine rings is 1. The number of ketones is 1. The number of aliphatic imine (C=N–C) groups is 1. The van der Waals surface area contributed by atoms with E-state index in [1.807, 2.05) is 18.7 Å². The number of aliphatic carboxylic acids is 2. The number of ether oxygens (including phenoxy) is 2. The first-order valence-corrected chi connectivity index (χ1v) is 31.1. The van der Waals surface area contributed by atoms with Gasteiger partial charge in [-0.25, -0.2) is 19.6 Å². The molecule has 2 aromatic heterocycles. The number of nitrogens with zero attached hydrogens (tertiary/aromatic N) is 5. The first-order valence-electron chi connectivity index (χ1n) is 28.6. The van der Waals surface area contributed by atoms with Gasteiger partial charge in [0.25, 0.3) is 11.5 Å². The highest BCUT2D eigenvalue weighted by atomic mass is 33.1. The number of anilines is 4. The van der Waals surface area contributed by atoms with Crippen molar-refractivity contribution in [3.05, 3.63) is 69.5 Å². The molecular formula is C56H76N18O15S2. The molecule has 3 aliphatic rings. The fourth-order valence-electron chi connectivity index (χ4n) is 10.5. The van der Waals surface area contributed by atoms with Gasteiger partial charge in [-0.2, -0.15) is 4.98 Å². The van der Waals surface area contributed by atoms with Crippen molar-refractivity contribution in [1.29, 1.82) is 0 Å². The summed E-state index contributed by atoms with van der Waals surface area (Å²) in [7, 11) is 3.98. The van der Waals surface area contributed by atoms with Gasteiger partial charge in [-0.05, 0) is 91.5 Å². The number of phenols is 2. The summed E-state index contributed by atoms with van der Waals surface area (Å²) in [6.45, 7) is 9.53. The highest BCUT2D eigenvalue weighted by Gasteiger charge is 2.70. The number of guanidine groups is 1. The minimum Gasteiger partial charge on any atom is -0.505 e. The lowest BCUT2D eigenvalue weighted by Gasteiger charge is -2.35. The number of carbonyl (C=O) groups is 8. The number of hydrogen-bond donors (Lipinski definition) is 17. The number of benzene rings is 2. The molecule has 3 aliphatic heterocycles. The van der Waals surface area contributed by atoms with Gasteiger partial charge in [0.1, 0.15) is 42.4 Å². The second-order valence-electron chi connectivity index (χ2n) is 22.9. The van der Waals surface area contributed by atoms with Gasteiger partial charge in [-0.1, -0.05) is 21.6 Å². The summed E-state index contributed by atoms with van der Waals surface area (Å²) in [4.78, 5) is 137. The van der Waals surface area contributed by atoms with E-state index in [2.05, 4.69) is 67.5 Å². The van der Waals surface area contributed by atoms with Crippen molar-refractivity contribution in [2.45, 2.75) is 133 Å². The van der Waals surface area contributed by atoms with Crippen molar-refractivity contribution in [2.24, 2.45) is 22.2 Å². The zero-order valence-corrected chi connectivity index (χ0v) is 52.5. The minimum atomic E-state index is -1.54. The number of nitrogens with one attached hydrogen (secondary N) is 9. The molecule has 5 amide bonds. The molecule has 21 N–H and O–H groups in total. The molecule has 0 aliphatic carbocycles. The average Bonchev–Trinajstić information content (AvgIpc) is 1.50. The predicted molar refractivity (Wildman–Crippen MR) is 339 cm³/mol. The number of carbonyl (C=O) groups excluding carboxylic acids is 6. The number of carboxylic acids is 2. The van der Waals surface area contributed by atoms with Crippen LogP contribution in [0.4, 0.5) is 27.8 Å². The number of nitrogen functional groups attached to an aromatic ring is 1. The number of carboxylic acid groups (broad SMARTS) is 2. The topological polar surface area (TPSA) is 533 Å². The number of aromatic nitrogens is 4. The molecule has 492 valence electrons. The third-order valence-electron chi connectivity index (χ3n) is 15.3. The molecular weight excluding hydrogens is 1230 g/mol. The van der Waals surface area contributed by atoms with Crippen molar-refractivity contribution in [3.8, 4) is 11.5 Å². The highest BCUT2D eigenvalue weighted by Crippen LogP contribution is 2.63. The van der Waals surface area contributed by atoms with Crippen molar-refractivity contribution in [2.75, 3.05) is 59.5 Å². The van der Waals surface area contributed by atoms with E-state index in [0.717, 1.165) is 6.26 Å². The van der Waals surface area contributed by atoms with E-state index in [1.165, 1.54) is 67.8 Å². The van der Waals surface area contributed by atoms with Crippen LogP contribution in [-0.2, 0) is 44.8 Å². The lowest BCUT2D eigenvalue weighted by Crippen LogP contribution is -2.60. The number of primary amides is 1. The maximum Gasteiger partial charge on any atom is 0.409 e. The number of aromatic hydroxyl groups is 2. The average molecular weight is 1310 g/mol. The van der Waals surface area contributed by atoms with Crippen molar-refractivity contribution in [1.82, 2.24) is 51.8 Å². The van der Waals surface area contributed by atoms with Crippen molar-refractivity contribution < 1.29 is 68.3 Å². The largest absolute Gasteiger partial charge is 0.505 e. The van der Waals surface area contributed by atoms with E-state index in [0.29, 0.717) is 41.4 Å². The van der Waals surface area contributed by atoms with Crippen LogP contribution in [0.1, 0.15) is 93.9 Å². The monoisotopic (exact) mass is 1300 g/mol. The lowest BCUT2D eigenvalue weighted by atomic mass is 9.92. The predicted octanol–water partition coefficient (Wildman–Crippen LogP) is -0.245. The molecule has 0 spiro atoms. The van der Waals surface area contributed by atoms with Crippen LogP contribution in [0, 0.1) is 6.92 Å². The Morgan fingerprint density at radius 1 is 0.934 bits per heavy atom. The Labute approximate surface area is 528 Å². The van der Waals surface area contributed by atoms with Gasteiger partial charge in [0.2, 0.25) is 23.7 Å². The Morgan fingerprint density at radius 2 is 1.64 bits per heavy atom. The first kappa shape index (κ1) is 69.3. The number of amides is 5. The molecule has 7 rings (SSSR count). The summed E-state index contributed by atoms with van der Waals surface area (Å²) in [5.74, 6) is -6.83. The summed E-state index contributed by atoms with van der Waals surface area (Å²) >= 11 is 0. The summed E-state index contributed by atoms with van der Waals surface area (Å²) in [5.41, 5.74) is 20.3. The molecule has 0 unspecified atom stereocenters. The Hall–Kier alpha value is -9.19. The normalized spacial score (nSPS) is 18.1. The second-order valence-corrected chi connectivity index (χ2v) is 25.6. The number of Topliss-reactive ketones (excluding diaryl/α,β-unsaturated/α-hetero) is 1. The van der Waals surface area contributed by atoms with Crippen LogP contribution in [0.3, 0.4) is 0 Å². The fraction of sp³-hybridized carbons (Fsp3) is 0.482. The van der Waals surface area contributed by atoms with Crippen LogP contribution in [0.2, 0.25) is 0 Å². The van der Waals surface area contributed by atoms with Gasteiger partial charge < -0.3 is 95.0 Å². The maximum atomic E-state index is 14.5. The molecule has 5 heterocycles. The third kappa shape index (κ3) is 16.8. The van der Waals surface area contributed by atoms with E-state index in [9.17, 15) is 58.5 Å². The number of rotatable bonds is 33. The zero-order chi connectivity index (χ0) is 66.9. The Kier molecular flexibility index (Phi) is 22.2.